The van der Waals surface area contributed by atoms with Gasteiger partial charge in [-0.05, 0) is 42.3 Å². The van der Waals surface area contributed by atoms with Crippen LogP contribution in [-0.2, 0) is 17.6 Å². The van der Waals surface area contributed by atoms with E-state index in [-0.39, 0.29) is 23.3 Å². The Bertz CT molecular complexity index is 451. The zero-order chi connectivity index (χ0) is 14.8. The van der Waals surface area contributed by atoms with E-state index in [1.807, 2.05) is 12.1 Å². The molecule has 0 heterocycles. The van der Waals surface area contributed by atoms with E-state index < -0.39 is 0 Å². The molecule has 0 spiro atoms. The number of nitrogens with one attached hydrogen (secondary N) is 1. The van der Waals surface area contributed by atoms with Gasteiger partial charge in [-0.15, -0.1) is 0 Å². The summed E-state index contributed by atoms with van der Waals surface area (Å²) < 4.78 is 0. The minimum absolute atomic E-state index is 0.0421. The second kappa shape index (κ2) is 5.96. The van der Waals surface area contributed by atoms with Crippen molar-refractivity contribution in [2.75, 3.05) is 6.54 Å². The molecule has 1 aromatic carbocycles. The Morgan fingerprint density at radius 3 is 2.30 bits per heavy atom. The van der Waals surface area contributed by atoms with Crippen LogP contribution in [0.5, 0.6) is 0 Å². The fraction of sp³-hybridized carbons (Fsp3) is 0.588. The van der Waals surface area contributed by atoms with Crippen molar-refractivity contribution in [3.63, 3.8) is 0 Å². The molecule has 20 heavy (non-hydrogen) atoms. The minimum Gasteiger partial charge on any atom is -0.353 e. The van der Waals surface area contributed by atoms with Gasteiger partial charge in [-0.3, -0.25) is 4.79 Å². The average molecular weight is 274 g/mol. The summed E-state index contributed by atoms with van der Waals surface area (Å²) >= 11 is 0. The van der Waals surface area contributed by atoms with Crippen molar-refractivity contribution in [3.05, 3.63) is 35.4 Å². The molecule has 0 saturated heterocycles. The second-order valence-electron chi connectivity index (χ2n) is 6.88. The van der Waals surface area contributed by atoms with E-state index in [9.17, 15) is 4.79 Å². The number of nitrogens with two attached hydrogens (primary N) is 1. The number of fused-ring (bicyclic) bond motifs is 1. The molecule has 110 valence electrons. The number of carbonyl (C=O) groups is 1. The van der Waals surface area contributed by atoms with E-state index in [1.165, 1.54) is 11.1 Å². The summed E-state index contributed by atoms with van der Waals surface area (Å²) in [4.78, 5) is 12.5. The third kappa shape index (κ3) is 3.40. The molecule has 0 aromatic heterocycles. The van der Waals surface area contributed by atoms with Gasteiger partial charge in [0.15, 0.2) is 0 Å². The summed E-state index contributed by atoms with van der Waals surface area (Å²) in [6.07, 6.45) is 2.55. The lowest BCUT2D eigenvalue weighted by Gasteiger charge is -2.32. The Labute approximate surface area is 121 Å². The van der Waals surface area contributed by atoms with Crippen LogP contribution in [0.15, 0.2) is 24.3 Å². The molecule has 0 aliphatic heterocycles. The molecule has 1 atom stereocenters. The van der Waals surface area contributed by atoms with Gasteiger partial charge in [-0.2, -0.15) is 0 Å². The standard InChI is InChI=1S/C17H26N2O/c1-17(2,3)15(8-9-18)19-16(20)14-10-12-6-4-5-7-13(12)11-14/h4-7,14-15H,8-11,18H2,1-3H3,(H,19,20). The Kier molecular flexibility index (Phi) is 4.48. The number of amides is 1. The van der Waals surface area contributed by atoms with Gasteiger partial charge in [0.25, 0.3) is 0 Å². The fourth-order valence-electron chi connectivity index (χ4n) is 2.92. The van der Waals surface area contributed by atoms with Crippen molar-refractivity contribution in [2.24, 2.45) is 17.1 Å². The van der Waals surface area contributed by atoms with Crippen LogP contribution in [0.2, 0.25) is 0 Å². The first-order valence-corrected chi connectivity index (χ1v) is 7.49. The number of carbonyl (C=O) groups excluding carboxylic acids is 1. The molecule has 1 aromatic rings. The van der Waals surface area contributed by atoms with Crippen LogP contribution >= 0.6 is 0 Å². The van der Waals surface area contributed by atoms with E-state index in [4.69, 9.17) is 5.73 Å². The van der Waals surface area contributed by atoms with Gasteiger partial charge in [-0.1, -0.05) is 45.0 Å². The molecule has 3 heteroatoms. The molecule has 1 amide bonds. The van der Waals surface area contributed by atoms with Crippen molar-refractivity contribution in [3.8, 4) is 0 Å². The lowest BCUT2D eigenvalue weighted by atomic mass is 9.84. The molecule has 2 rings (SSSR count). The number of benzene rings is 1. The fourth-order valence-corrected chi connectivity index (χ4v) is 2.92. The zero-order valence-corrected chi connectivity index (χ0v) is 12.8. The highest BCUT2D eigenvalue weighted by Gasteiger charge is 2.31. The maximum absolute atomic E-state index is 12.5. The van der Waals surface area contributed by atoms with E-state index in [2.05, 4.69) is 38.2 Å². The summed E-state index contributed by atoms with van der Waals surface area (Å²) in [6, 6.07) is 8.49. The normalized spacial score (nSPS) is 16.8. The van der Waals surface area contributed by atoms with Crippen molar-refractivity contribution in [2.45, 2.75) is 46.1 Å². The van der Waals surface area contributed by atoms with Crippen molar-refractivity contribution in [1.29, 1.82) is 0 Å². The van der Waals surface area contributed by atoms with Gasteiger partial charge in [-0.25, -0.2) is 0 Å². The van der Waals surface area contributed by atoms with E-state index in [0.29, 0.717) is 6.54 Å². The molecule has 0 bridgehead atoms. The number of rotatable bonds is 4. The number of hydrogen-bond acceptors (Lipinski definition) is 2. The van der Waals surface area contributed by atoms with Gasteiger partial charge in [0, 0.05) is 12.0 Å². The lowest BCUT2D eigenvalue weighted by Crippen LogP contribution is -2.47. The molecule has 0 radical (unpaired) electrons. The van der Waals surface area contributed by atoms with Gasteiger partial charge < -0.3 is 11.1 Å². The van der Waals surface area contributed by atoms with Gasteiger partial charge in [0.05, 0.1) is 0 Å². The first kappa shape index (κ1) is 15.0. The zero-order valence-electron chi connectivity index (χ0n) is 12.8. The molecule has 3 N–H and O–H groups in total. The molecule has 0 saturated carbocycles. The molecule has 3 nitrogen and oxygen atoms in total. The van der Waals surface area contributed by atoms with Gasteiger partial charge in [0.1, 0.15) is 0 Å². The molecular weight excluding hydrogens is 248 g/mol. The highest BCUT2D eigenvalue weighted by molar-refractivity contribution is 5.80. The maximum Gasteiger partial charge on any atom is 0.224 e. The lowest BCUT2D eigenvalue weighted by molar-refractivity contribution is -0.126. The predicted octanol–water partition coefficient (Wildman–Crippen LogP) is 2.28. The highest BCUT2D eigenvalue weighted by Crippen LogP contribution is 2.28. The van der Waals surface area contributed by atoms with Gasteiger partial charge >= 0.3 is 0 Å². The van der Waals surface area contributed by atoms with Crippen LogP contribution in [-0.4, -0.2) is 18.5 Å². The predicted molar refractivity (Wildman–Crippen MR) is 82.4 cm³/mol. The van der Waals surface area contributed by atoms with Crippen LogP contribution in [0.4, 0.5) is 0 Å². The smallest absolute Gasteiger partial charge is 0.224 e. The Hall–Kier alpha value is -1.35. The minimum atomic E-state index is 0.0421. The van der Waals surface area contributed by atoms with E-state index in [0.717, 1.165) is 19.3 Å². The van der Waals surface area contributed by atoms with Crippen LogP contribution in [0.25, 0.3) is 0 Å². The Balaban J connectivity index is 1.99. The first-order chi connectivity index (χ1) is 9.41. The van der Waals surface area contributed by atoms with Gasteiger partial charge in [0.2, 0.25) is 5.91 Å². The summed E-state index contributed by atoms with van der Waals surface area (Å²) in [5, 5.41) is 3.22. The molecular formula is C17H26N2O. The Morgan fingerprint density at radius 2 is 1.85 bits per heavy atom. The first-order valence-electron chi connectivity index (χ1n) is 7.49. The number of hydrogen-bond donors (Lipinski definition) is 2. The average Bonchev–Trinajstić information content (AvgIpc) is 2.80. The second-order valence-corrected chi connectivity index (χ2v) is 6.88. The topological polar surface area (TPSA) is 55.1 Å². The van der Waals surface area contributed by atoms with Crippen molar-refractivity contribution < 1.29 is 4.79 Å². The van der Waals surface area contributed by atoms with Crippen molar-refractivity contribution in [1.82, 2.24) is 5.32 Å². The largest absolute Gasteiger partial charge is 0.353 e. The molecule has 1 aliphatic carbocycles. The highest BCUT2D eigenvalue weighted by atomic mass is 16.1. The van der Waals surface area contributed by atoms with E-state index >= 15 is 0 Å². The third-order valence-corrected chi connectivity index (χ3v) is 4.24. The quantitative estimate of drug-likeness (QED) is 0.885. The van der Waals surface area contributed by atoms with Crippen LogP contribution in [0.3, 0.4) is 0 Å². The molecule has 0 fully saturated rings. The summed E-state index contributed by atoms with van der Waals surface area (Å²) in [5.74, 6) is 0.254. The van der Waals surface area contributed by atoms with Crippen molar-refractivity contribution >= 4 is 5.91 Å². The summed E-state index contributed by atoms with van der Waals surface area (Å²) in [6.45, 7) is 7.05. The van der Waals surface area contributed by atoms with Crippen LogP contribution in [0.1, 0.15) is 38.3 Å². The van der Waals surface area contributed by atoms with E-state index in [1.54, 1.807) is 0 Å². The Morgan fingerprint density at radius 1 is 1.30 bits per heavy atom. The van der Waals surface area contributed by atoms with Crippen LogP contribution in [0, 0.1) is 11.3 Å². The summed E-state index contributed by atoms with van der Waals surface area (Å²) in [5.41, 5.74) is 8.35. The summed E-state index contributed by atoms with van der Waals surface area (Å²) in [7, 11) is 0. The SMILES string of the molecule is CC(C)(C)C(CCN)NC(=O)C1Cc2ccccc2C1. The monoisotopic (exact) mass is 274 g/mol. The third-order valence-electron chi connectivity index (χ3n) is 4.24. The molecule has 1 unspecified atom stereocenters. The van der Waals surface area contributed by atoms with Crippen LogP contribution < -0.4 is 11.1 Å². The molecule has 1 aliphatic rings. The maximum atomic E-state index is 12.5.